The fourth-order valence-corrected chi connectivity index (χ4v) is 1.54. The highest BCUT2D eigenvalue weighted by Crippen LogP contribution is 2.28. The molecule has 0 aliphatic rings. The van der Waals surface area contributed by atoms with Gasteiger partial charge in [-0.05, 0) is 6.42 Å². The van der Waals surface area contributed by atoms with Crippen LogP contribution in [0.15, 0.2) is 0 Å². The van der Waals surface area contributed by atoms with Gasteiger partial charge in [0.15, 0.2) is 0 Å². The van der Waals surface area contributed by atoms with Crippen LogP contribution < -0.4 is 0 Å². The Kier molecular flexibility index (Phi) is 4.26. The summed E-state index contributed by atoms with van der Waals surface area (Å²) in [5, 5.41) is 0. The Balaban J connectivity index is 4.96. The largest absolute Gasteiger partial charge is 0.298 e. The molecule has 0 aliphatic carbocycles. The second kappa shape index (κ2) is 4.46. The average molecular weight is 212 g/mol. The predicted molar refractivity (Wildman–Crippen MR) is 62.7 cm³/mol. The van der Waals surface area contributed by atoms with Gasteiger partial charge in [-0.2, -0.15) is 0 Å². The molecule has 0 amide bonds. The Hall–Kier alpha value is -0.660. The second-order valence-electron chi connectivity index (χ2n) is 6.19. The van der Waals surface area contributed by atoms with Crippen LogP contribution in [0, 0.1) is 16.7 Å². The van der Waals surface area contributed by atoms with Crippen LogP contribution >= 0.6 is 0 Å². The summed E-state index contributed by atoms with van der Waals surface area (Å²) in [6, 6.07) is 0. The predicted octanol–water partition coefficient (Wildman–Crippen LogP) is 3.24. The average Bonchev–Trinajstić information content (AvgIpc) is 2.01. The fourth-order valence-electron chi connectivity index (χ4n) is 1.54. The van der Waals surface area contributed by atoms with E-state index in [1.54, 1.807) is 0 Å². The fraction of sp³-hybridized carbons (Fsp3) is 0.846. The SMILES string of the molecule is CCC(C(=O)C(C)(C)C)C(=O)C(C)(C)C. The molecule has 0 heterocycles. The summed E-state index contributed by atoms with van der Waals surface area (Å²) in [6.45, 7) is 13.1. The number of carbonyl (C=O) groups is 2. The third-order valence-electron chi connectivity index (χ3n) is 2.52. The first-order valence-corrected chi connectivity index (χ1v) is 5.60. The van der Waals surface area contributed by atoms with Crippen LogP contribution in [0.3, 0.4) is 0 Å². The van der Waals surface area contributed by atoms with E-state index < -0.39 is 16.7 Å². The van der Waals surface area contributed by atoms with Gasteiger partial charge in [0.1, 0.15) is 11.6 Å². The van der Waals surface area contributed by atoms with Crippen LogP contribution in [0.25, 0.3) is 0 Å². The van der Waals surface area contributed by atoms with Crippen molar-refractivity contribution in [1.29, 1.82) is 0 Å². The maximum atomic E-state index is 12.1. The van der Waals surface area contributed by atoms with E-state index in [0.29, 0.717) is 6.42 Å². The van der Waals surface area contributed by atoms with Gasteiger partial charge >= 0.3 is 0 Å². The van der Waals surface area contributed by atoms with Crippen LogP contribution in [0.1, 0.15) is 54.9 Å². The molecule has 0 bridgehead atoms. The number of rotatable bonds is 3. The molecule has 0 saturated heterocycles. The van der Waals surface area contributed by atoms with Gasteiger partial charge in [-0.1, -0.05) is 48.5 Å². The van der Waals surface area contributed by atoms with Crippen LogP contribution in [-0.4, -0.2) is 11.6 Å². The molecule has 0 aromatic rings. The van der Waals surface area contributed by atoms with Crippen LogP contribution in [0.2, 0.25) is 0 Å². The zero-order chi connectivity index (χ0) is 12.4. The summed E-state index contributed by atoms with van der Waals surface area (Å²) in [5.74, 6) is -0.320. The molecule has 0 spiro atoms. The van der Waals surface area contributed by atoms with Crippen LogP contribution in [-0.2, 0) is 9.59 Å². The summed E-state index contributed by atoms with van der Waals surface area (Å²) in [7, 11) is 0. The zero-order valence-electron chi connectivity index (χ0n) is 11.1. The molecule has 0 aliphatic heterocycles. The van der Waals surface area contributed by atoms with Crippen molar-refractivity contribution in [3.63, 3.8) is 0 Å². The van der Waals surface area contributed by atoms with Gasteiger partial charge in [-0.15, -0.1) is 0 Å². The lowest BCUT2D eigenvalue weighted by molar-refractivity contribution is -0.141. The first-order valence-electron chi connectivity index (χ1n) is 5.60. The molecular formula is C13H24O2. The minimum Gasteiger partial charge on any atom is -0.298 e. The van der Waals surface area contributed by atoms with Crippen LogP contribution in [0.4, 0.5) is 0 Å². The zero-order valence-corrected chi connectivity index (χ0v) is 11.1. The highest BCUT2D eigenvalue weighted by atomic mass is 16.2. The normalized spacial score (nSPS) is 13.1. The van der Waals surface area contributed by atoms with E-state index in [1.165, 1.54) is 0 Å². The summed E-state index contributed by atoms with van der Waals surface area (Å²) >= 11 is 0. The van der Waals surface area contributed by atoms with E-state index >= 15 is 0 Å². The molecule has 0 fully saturated rings. The van der Waals surface area contributed by atoms with Crippen molar-refractivity contribution >= 4 is 11.6 Å². The summed E-state index contributed by atoms with van der Waals surface area (Å²) in [4.78, 5) is 24.1. The van der Waals surface area contributed by atoms with Crippen molar-refractivity contribution in [2.45, 2.75) is 54.9 Å². The highest BCUT2D eigenvalue weighted by molar-refractivity contribution is 6.06. The molecule has 0 saturated carbocycles. The molecule has 0 aromatic heterocycles. The van der Waals surface area contributed by atoms with E-state index in [-0.39, 0.29) is 11.6 Å². The maximum absolute atomic E-state index is 12.1. The van der Waals surface area contributed by atoms with E-state index in [1.807, 2.05) is 48.5 Å². The molecule has 0 rings (SSSR count). The van der Waals surface area contributed by atoms with Gasteiger partial charge in [0.2, 0.25) is 0 Å². The number of hydrogen-bond donors (Lipinski definition) is 0. The molecule has 0 atom stereocenters. The minimum absolute atomic E-state index is 0.0601. The topological polar surface area (TPSA) is 34.1 Å². The van der Waals surface area contributed by atoms with Gasteiger partial charge in [0.05, 0.1) is 5.92 Å². The molecule has 0 aromatic carbocycles. The quantitative estimate of drug-likeness (QED) is 0.673. The van der Waals surface area contributed by atoms with Gasteiger partial charge in [0.25, 0.3) is 0 Å². The lowest BCUT2D eigenvalue weighted by atomic mass is 9.74. The Morgan fingerprint density at radius 1 is 0.867 bits per heavy atom. The number of carbonyl (C=O) groups excluding carboxylic acids is 2. The molecule has 2 nitrogen and oxygen atoms in total. The third kappa shape index (κ3) is 3.77. The van der Waals surface area contributed by atoms with E-state index in [9.17, 15) is 9.59 Å². The third-order valence-corrected chi connectivity index (χ3v) is 2.52. The Morgan fingerprint density at radius 2 is 1.13 bits per heavy atom. The molecule has 0 radical (unpaired) electrons. The molecule has 0 N–H and O–H groups in total. The number of Topliss-reactive ketones (excluding diaryl/α,β-unsaturated/α-hetero) is 2. The second-order valence-corrected chi connectivity index (χ2v) is 6.19. The molecule has 0 unspecified atom stereocenters. The van der Waals surface area contributed by atoms with Crippen molar-refractivity contribution < 1.29 is 9.59 Å². The van der Waals surface area contributed by atoms with Gasteiger partial charge in [-0.3, -0.25) is 9.59 Å². The molecule has 2 heteroatoms. The first kappa shape index (κ1) is 14.3. The van der Waals surface area contributed by atoms with Crippen molar-refractivity contribution in [3.05, 3.63) is 0 Å². The van der Waals surface area contributed by atoms with Gasteiger partial charge in [-0.25, -0.2) is 0 Å². The minimum atomic E-state index is -0.440. The standard InChI is InChI=1S/C13H24O2/c1-8-9(10(14)12(2,3)4)11(15)13(5,6)7/h9H,8H2,1-7H3. The number of hydrogen-bond acceptors (Lipinski definition) is 2. The first-order chi connectivity index (χ1) is 6.51. The number of ketones is 2. The smallest absolute Gasteiger partial charge is 0.148 e. The van der Waals surface area contributed by atoms with Crippen molar-refractivity contribution in [2.24, 2.45) is 16.7 Å². The van der Waals surface area contributed by atoms with Gasteiger partial charge < -0.3 is 0 Å². The summed E-state index contributed by atoms with van der Waals surface area (Å²) in [5.41, 5.74) is -0.858. The van der Waals surface area contributed by atoms with Crippen molar-refractivity contribution in [3.8, 4) is 0 Å². The maximum Gasteiger partial charge on any atom is 0.148 e. The molecular weight excluding hydrogens is 188 g/mol. The molecule has 15 heavy (non-hydrogen) atoms. The van der Waals surface area contributed by atoms with Crippen LogP contribution in [0.5, 0.6) is 0 Å². The van der Waals surface area contributed by atoms with Crippen molar-refractivity contribution in [1.82, 2.24) is 0 Å². The monoisotopic (exact) mass is 212 g/mol. The highest BCUT2D eigenvalue weighted by Gasteiger charge is 2.37. The van der Waals surface area contributed by atoms with Gasteiger partial charge in [0, 0.05) is 10.8 Å². The summed E-state index contributed by atoms with van der Waals surface area (Å²) in [6.07, 6.45) is 0.603. The van der Waals surface area contributed by atoms with Crippen molar-refractivity contribution in [2.75, 3.05) is 0 Å². The van der Waals surface area contributed by atoms with E-state index in [4.69, 9.17) is 0 Å². The lowest BCUT2D eigenvalue weighted by Crippen LogP contribution is -2.38. The van der Waals surface area contributed by atoms with E-state index in [0.717, 1.165) is 0 Å². The summed E-state index contributed by atoms with van der Waals surface area (Å²) < 4.78 is 0. The van der Waals surface area contributed by atoms with E-state index in [2.05, 4.69) is 0 Å². The Labute approximate surface area is 93.4 Å². The Bertz CT molecular complexity index is 225. The lowest BCUT2D eigenvalue weighted by Gasteiger charge is -2.27. The Morgan fingerprint density at radius 3 is 1.27 bits per heavy atom. The molecule has 88 valence electrons.